The first-order valence-electron chi connectivity index (χ1n) is 4.65. The molecule has 16 heavy (non-hydrogen) atoms. The van der Waals surface area contributed by atoms with E-state index in [4.69, 9.17) is 5.11 Å². The standard InChI is InChI=1S/C11H10O4S/c12-9(10(13)11(14)15)7-2-1-6-3-4-16-8(6)5-7/h1-5,9-10,12-13H,(H,14,15). The maximum atomic E-state index is 10.5. The van der Waals surface area contributed by atoms with E-state index >= 15 is 0 Å². The van der Waals surface area contributed by atoms with E-state index in [-0.39, 0.29) is 0 Å². The van der Waals surface area contributed by atoms with Gasteiger partial charge in [-0.2, -0.15) is 0 Å². The number of thiophene rings is 1. The summed E-state index contributed by atoms with van der Waals surface area (Å²) in [7, 11) is 0. The minimum Gasteiger partial charge on any atom is -0.479 e. The van der Waals surface area contributed by atoms with Crippen molar-refractivity contribution in [3.63, 3.8) is 0 Å². The number of aliphatic hydroxyl groups is 2. The Kier molecular flexibility index (Phi) is 2.91. The molecule has 1 heterocycles. The van der Waals surface area contributed by atoms with E-state index < -0.39 is 18.2 Å². The fourth-order valence-electron chi connectivity index (χ4n) is 1.47. The molecule has 2 unspecified atom stereocenters. The molecule has 4 nitrogen and oxygen atoms in total. The third-order valence-electron chi connectivity index (χ3n) is 2.37. The second kappa shape index (κ2) is 4.21. The Morgan fingerprint density at radius 3 is 2.69 bits per heavy atom. The van der Waals surface area contributed by atoms with Crippen molar-refractivity contribution >= 4 is 27.4 Å². The highest BCUT2D eigenvalue weighted by Gasteiger charge is 2.25. The molecule has 0 fully saturated rings. The van der Waals surface area contributed by atoms with Gasteiger partial charge in [-0.05, 0) is 28.5 Å². The zero-order chi connectivity index (χ0) is 11.7. The number of aliphatic carboxylic acids is 1. The van der Waals surface area contributed by atoms with Gasteiger partial charge in [-0.25, -0.2) is 4.79 Å². The summed E-state index contributed by atoms with van der Waals surface area (Å²) in [4.78, 5) is 10.5. The first-order valence-corrected chi connectivity index (χ1v) is 5.53. The Morgan fingerprint density at radius 2 is 2.00 bits per heavy atom. The first kappa shape index (κ1) is 11.1. The molecule has 0 spiro atoms. The normalized spacial score (nSPS) is 14.9. The van der Waals surface area contributed by atoms with Gasteiger partial charge in [0.25, 0.3) is 0 Å². The van der Waals surface area contributed by atoms with E-state index in [1.165, 1.54) is 11.3 Å². The maximum absolute atomic E-state index is 10.5. The van der Waals surface area contributed by atoms with Gasteiger partial charge in [-0.3, -0.25) is 0 Å². The molecule has 84 valence electrons. The van der Waals surface area contributed by atoms with Gasteiger partial charge >= 0.3 is 5.97 Å². The van der Waals surface area contributed by atoms with E-state index in [1.54, 1.807) is 18.2 Å². The lowest BCUT2D eigenvalue weighted by Gasteiger charge is -2.14. The van der Waals surface area contributed by atoms with Gasteiger partial charge in [0.1, 0.15) is 6.10 Å². The monoisotopic (exact) mass is 238 g/mol. The van der Waals surface area contributed by atoms with Crippen molar-refractivity contribution in [1.29, 1.82) is 0 Å². The quantitative estimate of drug-likeness (QED) is 0.755. The summed E-state index contributed by atoms with van der Waals surface area (Å²) in [6.07, 6.45) is -3.19. The van der Waals surface area contributed by atoms with Crippen LogP contribution in [0.1, 0.15) is 11.7 Å². The lowest BCUT2D eigenvalue weighted by molar-refractivity contribution is -0.153. The molecule has 0 amide bonds. The molecular weight excluding hydrogens is 228 g/mol. The molecule has 0 radical (unpaired) electrons. The number of benzene rings is 1. The predicted molar refractivity (Wildman–Crippen MR) is 60.4 cm³/mol. The van der Waals surface area contributed by atoms with E-state index in [1.807, 2.05) is 11.4 Å². The third-order valence-corrected chi connectivity index (χ3v) is 3.25. The van der Waals surface area contributed by atoms with E-state index in [2.05, 4.69) is 0 Å². The lowest BCUT2D eigenvalue weighted by Crippen LogP contribution is -2.27. The summed E-state index contributed by atoms with van der Waals surface area (Å²) in [5.74, 6) is -1.43. The minimum absolute atomic E-state index is 0.407. The molecule has 2 atom stereocenters. The number of carboxylic acids is 1. The number of hydrogen-bond donors (Lipinski definition) is 3. The lowest BCUT2D eigenvalue weighted by atomic mass is 10.0. The summed E-state index contributed by atoms with van der Waals surface area (Å²) < 4.78 is 0.953. The van der Waals surface area contributed by atoms with Gasteiger partial charge in [-0.1, -0.05) is 12.1 Å². The number of aliphatic hydroxyl groups excluding tert-OH is 2. The molecule has 0 saturated carbocycles. The van der Waals surface area contributed by atoms with Crippen molar-refractivity contribution in [1.82, 2.24) is 0 Å². The second-order valence-electron chi connectivity index (χ2n) is 3.45. The Bertz CT molecular complexity index is 519. The van der Waals surface area contributed by atoms with Crippen LogP contribution in [0.2, 0.25) is 0 Å². The van der Waals surface area contributed by atoms with Gasteiger partial charge in [0.05, 0.1) is 0 Å². The zero-order valence-corrected chi connectivity index (χ0v) is 9.02. The smallest absolute Gasteiger partial charge is 0.335 e. The average Bonchev–Trinajstić information content (AvgIpc) is 2.73. The Labute approximate surface area is 95.4 Å². The van der Waals surface area contributed by atoms with Gasteiger partial charge < -0.3 is 15.3 Å². The Hall–Kier alpha value is -1.43. The van der Waals surface area contributed by atoms with Crippen molar-refractivity contribution in [2.45, 2.75) is 12.2 Å². The number of fused-ring (bicyclic) bond motifs is 1. The van der Waals surface area contributed by atoms with Crippen LogP contribution < -0.4 is 0 Å². The maximum Gasteiger partial charge on any atom is 0.335 e. The SMILES string of the molecule is O=C(O)C(O)C(O)c1ccc2ccsc2c1. The topological polar surface area (TPSA) is 77.8 Å². The molecule has 1 aromatic heterocycles. The minimum atomic E-state index is -1.79. The number of carbonyl (C=O) groups is 1. The van der Waals surface area contributed by atoms with E-state index in [0.717, 1.165) is 10.1 Å². The van der Waals surface area contributed by atoms with Gasteiger partial charge in [-0.15, -0.1) is 11.3 Å². The predicted octanol–water partition coefficient (Wildman–Crippen LogP) is 1.38. The van der Waals surface area contributed by atoms with Crippen LogP contribution in [0.3, 0.4) is 0 Å². The highest BCUT2D eigenvalue weighted by atomic mass is 32.1. The number of carboxylic acid groups (broad SMARTS) is 1. The van der Waals surface area contributed by atoms with Crippen molar-refractivity contribution in [3.05, 3.63) is 35.2 Å². The molecule has 2 aromatic rings. The number of rotatable bonds is 3. The van der Waals surface area contributed by atoms with Crippen LogP contribution in [0.5, 0.6) is 0 Å². The molecule has 2 rings (SSSR count). The van der Waals surface area contributed by atoms with Crippen LogP contribution in [0.15, 0.2) is 29.6 Å². The van der Waals surface area contributed by atoms with Crippen LogP contribution in [-0.4, -0.2) is 27.4 Å². The van der Waals surface area contributed by atoms with Crippen molar-refractivity contribution in [2.75, 3.05) is 0 Å². The van der Waals surface area contributed by atoms with Gasteiger partial charge in [0.15, 0.2) is 6.10 Å². The third kappa shape index (κ3) is 1.92. The second-order valence-corrected chi connectivity index (χ2v) is 4.39. The largest absolute Gasteiger partial charge is 0.479 e. The summed E-state index contributed by atoms with van der Waals surface area (Å²) in [6.45, 7) is 0. The molecule has 0 aliphatic carbocycles. The van der Waals surface area contributed by atoms with E-state index in [9.17, 15) is 15.0 Å². The van der Waals surface area contributed by atoms with E-state index in [0.29, 0.717) is 5.56 Å². The highest BCUT2D eigenvalue weighted by Crippen LogP contribution is 2.26. The molecule has 0 bridgehead atoms. The molecule has 5 heteroatoms. The molecular formula is C11H10O4S. The molecule has 0 aliphatic rings. The van der Waals surface area contributed by atoms with Crippen LogP contribution in [0.25, 0.3) is 10.1 Å². The molecule has 0 aliphatic heterocycles. The number of hydrogen-bond acceptors (Lipinski definition) is 4. The fourth-order valence-corrected chi connectivity index (χ4v) is 2.31. The fraction of sp³-hybridized carbons (Fsp3) is 0.182. The first-order chi connectivity index (χ1) is 7.59. The van der Waals surface area contributed by atoms with Crippen LogP contribution >= 0.6 is 11.3 Å². The summed E-state index contributed by atoms with van der Waals surface area (Å²) in [5, 5.41) is 30.4. The molecule has 1 aromatic carbocycles. The Morgan fingerprint density at radius 1 is 1.25 bits per heavy atom. The van der Waals surface area contributed by atoms with Gasteiger partial charge in [0.2, 0.25) is 0 Å². The van der Waals surface area contributed by atoms with Crippen molar-refractivity contribution < 1.29 is 20.1 Å². The van der Waals surface area contributed by atoms with Crippen LogP contribution in [0, 0.1) is 0 Å². The van der Waals surface area contributed by atoms with Gasteiger partial charge in [0, 0.05) is 4.70 Å². The molecule has 0 saturated heterocycles. The zero-order valence-electron chi connectivity index (χ0n) is 8.20. The molecule has 3 N–H and O–H groups in total. The van der Waals surface area contributed by atoms with Crippen LogP contribution in [-0.2, 0) is 4.79 Å². The van der Waals surface area contributed by atoms with Crippen molar-refractivity contribution in [3.8, 4) is 0 Å². The highest BCUT2D eigenvalue weighted by molar-refractivity contribution is 7.17. The summed E-state index contributed by atoms with van der Waals surface area (Å²) >= 11 is 1.50. The summed E-state index contributed by atoms with van der Waals surface area (Å²) in [6, 6.07) is 7.03. The average molecular weight is 238 g/mol. The summed E-state index contributed by atoms with van der Waals surface area (Å²) in [5.41, 5.74) is 0.407. The van der Waals surface area contributed by atoms with Crippen molar-refractivity contribution in [2.24, 2.45) is 0 Å². The Balaban J connectivity index is 2.35. The van der Waals surface area contributed by atoms with Crippen LogP contribution in [0.4, 0.5) is 0 Å².